The molecule has 4 N–H and O–H groups in total. The molecule has 0 aliphatic rings. The number of methoxy groups -OCH3 is 1. The summed E-state index contributed by atoms with van der Waals surface area (Å²) < 4.78 is 5.25. The Morgan fingerprint density at radius 3 is 2.32 bits per heavy atom. The zero-order chi connectivity index (χ0) is 14.4. The van der Waals surface area contributed by atoms with E-state index < -0.39 is 0 Å². The monoisotopic (exact) mass is 267 g/mol. The summed E-state index contributed by atoms with van der Waals surface area (Å²) in [7, 11) is 1.70. The van der Waals surface area contributed by atoms with Gasteiger partial charge in [0.25, 0.3) is 0 Å². The topological polar surface area (TPSA) is 85.1 Å². The second kappa shape index (κ2) is 7.25. The van der Waals surface area contributed by atoms with Crippen LogP contribution < -0.4 is 16.6 Å². The van der Waals surface area contributed by atoms with E-state index in [0.29, 0.717) is 18.3 Å². The molecule has 1 aromatic heterocycles. The van der Waals surface area contributed by atoms with Gasteiger partial charge in [-0.25, -0.2) is 15.8 Å². The van der Waals surface area contributed by atoms with Gasteiger partial charge in [0, 0.05) is 12.7 Å². The van der Waals surface area contributed by atoms with Crippen molar-refractivity contribution >= 4 is 11.6 Å². The molecule has 108 valence electrons. The van der Waals surface area contributed by atoms with Crippen molar-refractivity contribution in [3.63, 3.8) is 0 Å². The molecule has 6 nitrogen and oxygen atoms in total. The van der Waals surface area contributed by atoms with Crippen LogP contribution in [-0.4, -0.2) is 29.7 Å². The maximum atomic E-state index is 5.51. The van der Waals surface area contributed by atoms with Gasteiger partial charge in [-0.05, 0) is 11.8 Å². The molecule has 0 spiro atoms. The van der Waals surface area contributed by atoms with Crippen molar-refractivity contribution in [2.75, 3.05) is 24.5 Å². The van der Waals surface area contributed by atoms with Crippen molar-refractivity contribution in [2.45, 2.75) is 39.7 Å². The van der Waals surface area contributed by atoms with Crippen molar-refractivity contribution in [2.24, 2.45) is 11.8 Å². The molecule has 0 aliphatic heterocycles. The first kappa shape index (κ1) is 15.7. The lowest BCUT2D eigenvalue weighted by Crippen LogP contribution is -2.31. The summed E-state index contributed by atoms with van der Waals surface area (Å²) >= 11 is 0. The minimum atomic E-state index is 0.197. The van der Waals surface area contributed by atoms with E-state index in [1.54, 1.807) is 7.11 Å². The van der Waals surface area contributed by atoms with Crippen molar-refractivity contribution in [3.8, 4) is 0 Å². The van der Waals surface area contributed by atoms with E-state index in [0.717, 1.165) is 11.4 Å². The van der Waals surface area contributed by atoms with E-state index in [9.17, 15) is 0 Å². The van der Waals surface area contributed by atoms with E-state index in [1.165, 1.54) is 6.33 Å². The molecular formula is C13H25N5O. The Hall–Kier alpha value is -1.40. The Kier molecular flexibility index (Phi) is 5.98. The quantitative estimate of drug-likeness (QED) is 0.517. The zero-order valence-corrected chi connectivity index (χ0v) is 12.4. The number of nitrogens with zero attached hydrogens (tertiary/aromatic N) is 2. The standard InChI is InChI=1S/C13H25N5O/c1-8(2)10(6-19-5)17-12-11(9(3)4)13(18-14)16-7-15-12/h7-10H,6,14H2,1-5H3,(H2,15,16,17,18). The van der Waals surface area contributed by atoms with Crippen LogP contribution in [-0.2, 0) is 4.74 Å². The summed E-state index contributed by atoms with van der Waals surface area (Å²) in [5.74, 6) is 7.69. The second-order valence-corrected chi connectivity index (χ2v) is 5.23. The lowest BCUT2D eigenvalue weighted by Gasteiger charge is -2.25. The molecule has 0 fully saturated rings. The third-order valence-corrected chi connectivity index (χ3v) is 3.07. The SMILES string of the molecule is COCC(Nc1ncnc(NN)c1C(C)C)C(C)C. The van der Waals surface area contributed by atoms with E-state index in [-0.39, 0.29) is 12.0 Å². The van der Waals surface area contributed by atoms with Gasteiger partial charge in [-0.3, -0.25) is 0 Å². The van der Waals surface area contributed by atoms with Crippen molar-refractivity contribution in [1.29, 1.82) is 0 Å². The molecule has 1 heterocycles. The molecule has 1 rings (SSSR count). The van der Waals surface area contributed by atoms with Crippen LogP contribution in [0.2, 0.25) is 0 Å². The third-order valence-electron chi connectivity index (χ3n) is 3.07. The summed E-state index contributed by atoms with van der Waals surface area (Å²) in [5, 5.41) is 3.43. The smallest absolute Gasteiger partial charge is 0.148 e. The fourth-order valence-electron chi connectivity index (χ4n) is 1.93. The van der Waals surface area contributed by atoms with Crippen molar-refractivity contribution in [1.82, 2.24) is 9.97 Å². The number of anilines is 2. The Labute approximate surface area is 115 Å². The maximum Gasteiger partial charge on any atom is 0.148 e. The van der Waals surface area contributed by atoms with Crippen LogP contribution in [0.1, 0.15) is 39.2 Å². The van der Waals surface area contributed by atoms with Gasteiger partial charge in [0.2, 0.25) is 0 Å². The number of hydrogen-bond acceptors (Lipinski definition) is 6. The first-order valence-corrected chi connectivity index (χ1v) is 6.58. The average molecular weight is 267 g/mol. The fraction of sp³-hybridized carbons (Fsp3) is 0.692. The maximum absolute atomic E-state index is 5.51. The van der Waals surface area contributed by atoms with Crippen LogP contribution in [0.3, 0.4) is 0 Å². The Morgan fingerprint density at radius 1 is 1.21 bits per heavy atom. The predicted molar refractivity (Wildman–Crippen MR) is 78.1 cm³/mol. The molecule has 1 unspecified atom stereocenters. The molecule has 19 heavy (non-hydrogen) atoms. The fourth-order valence-corrected chi connectivity index (χ4v) is 1.93. The van der Waals surface area contributed by atoms with Gasteiger partial charge < -0.3 is 15.5 Å². The van der Waals surface area contributed by atoms with E-state index in [4.69, 9.17) is 10.6 Å². The first-order chi connectivity index (χ1) is 9.01. The predicted octanol–water partition coefficient (Wildman–Crippen LogP) is 1.97. The molecular weight excluding hydrogens is 242 g/mol. The highest BCUT2D eigenvalue weighted by Gasteiger charge is 2.19. The summed E-state index contributed by atoms with van der Waals surface area (Å²) in [4.78, 5) is 8.50. The summed E-state index contributed by atoms with van der Waals surface area (Å²) in [6.07, 6.45) is 1.51. The molecule has 0 saturated heterocycles. The molecule has 0 amide bonds. The van der Waals surface area contributed by atoms with Crippen LogP contribution in [0.15, 0.2) is 6.33 Å². The van der Waals surface area contributed by atoms with E-state index in [1.807, 2.05) is 0 Å². The van der Waals surface area contributed by atoms with Gasteiger partial charge in [-0.2, -0.15) is 0 Å². The lowest BCUT2D eigenvalue weighted by molar-refractivity contribution is 0.171. The molecule has 6 heteroatoms. The molecule has 0 aromatic carbocycles. The van der Waals surface area contributed by atoms with E-state index >= 15 is 0 Å². The van der Waals surface area contributed by atoms with Crippen molar-refractivity contribution in [3.05, 3.63) is 11.9 Å². The minimum Gasteiger partial charge on any atom is -0.383 e. The Morgan fingerprint density at radius 2 is 1.84 bits per heavy atom. The highest BCUT2D eigenvalue weighted by atomic mass is 16.5. The van der Waals surface area contributed by atoms with Crippen LogP contribution in [0, 0.1) is 5.92 Å². The van der Waals surface area contributed by atoms with Crippen LogP contribution in [0.5, 0.6) is 0 Å². The highest BCUT2D eigenvalue weighted by molar-refractivity contribution is 5.58. The van der Waals surface area contributed by atoms with Gasteiger partial charge in [0.15, 0.2) is 0 Å². The number of hydrazine groups is 1. The van der Waals surface area contributed by atoms with Crippen LogP contribution in [0.4, 0.5) is 11.6 Å². The summed E-state index contributed by atoms with van der Waals surface area (Å²) in [6, 6.07) is 0.197. The normalized spacial score (nSPS) is 12.8. The largest absolute Gasteiger partial charge is 0.383 e. The number of nitrogens with two attached hydrogens (primary N) is 1. The Bertz CT molecular complexity index is 395. The van der Waals surface area contributed by atoms with Gasteiger partial charge in [-0.15, -0.1) is 0 Å². The summed E-state index contributed by atoms with van der Waals surface area (Å²) in [6.45, 7) is 9.10. The van der Waals surface area contributed by atoms with E-state index in [2.05, 4.69) is 48.4 Å². The number of ether oxygens (including phenoxy) is 1. The summed E-state index contributed by atoms with van der Waals surface area (Å²) in [5.41, 5.74) is 3.62. The third kappa shape index (κ3) is 4.04. The number of nitrogens with one attached hydrogen (secondary N) is 2. The molecule has 0 saturated carbocycles. The lowest BCUT2D eigenvalue weighted by atomic mass is 10.0. The van der Waals surface area contributed by atoms with Gasteiger partial charge >= 0.3 is 0 Å². The van der Waals surface area contributed by atoms with Gasteiger partial charge in [-0.1, -0.05) is 27.7 Å². The van der Waals surface area contributed by atoms with Crippen LogP contribution >= 0.6 is 0 Å². The highest BCUT2D eigenvalue weighted by Crippen LogP contribution is 2.28. The zero-order valence-electron chi connectivity index (χ0n) is 12.4. The van der Waals surface area contributed by atoms with Gasteiger partial charge in [0.05, 0.1) is 12.6 Å². The molecule has 0 aliphatic carbocycles. The number of hydrogen-bond donors (Lipinski definition) is 3. The minimum absolute atomic E-state index is 0.197. The molecule has 0 radical (unpaired) electrons. The number of nitrogen functional groups attached to an aromatic ring is 1. The Balaban J connectivity index is 3.05. The van der Waals surface area contributed by atoms with Crippen molar-refractivity contribution < 1.29 is 4.74 Å². The number of rotatable bonds is 7. The average Bonchev–Trinajstić information content (AvgIpc) is 2.37. The molecule has 1 atom stereocenters. The first-order valence-electron chi connectivity index (χ1n) is 6.58. The van der Waals surface area contributed by atoms with Crippen LogP contribution in [0.25, 0.3) is 0 Å². The molecule has 0 bridgehead atoms. The van der Waals surface area contributed by atoms with Gasteiger partial charge in [0.1, 0.15) is 18.0 Å². The molecule has 1 aromatic rings. The number of aromatic nitrogens is 2. The second-order valence-electron chi connectivity index (χ2n) is 5.23.